The molecule has 1 N–H and O–H groups in total. The number of rotatable bonds is 7. The van der Waals surface area contributed by atoms with Crippen LogP contribution in [0.5, 0.6) is 0 Å². The van der Waals surface area contributed by atoms with Crippen LogP contribution in [0.3, 0.4) is 0 Å². The van der Waals surface area contributed by atoms with Crippen molar-refractivity contribution in [3.8, 4) is 0 Å². The molecule has 1 aliphatic rings. The number of aryl methyl sites for hydroxylation is 1. The van der Waals surface area contributed by atoms with Crippen LogP contribution in [-0.2, 0) is 27.8 Å². The van der Waals surface area contributed by atoms with Gasteiger partial charge in [-0.2, -0.15) is 0 Å². The van der Waals surface area contributed by atoms with Gasteiger partial charge in [-0.25, -0.2) is 13.1 Å². The molecular weight excluding hydrogens is 374 g/mol. The lowest BCUT2D eigenvalue weighted by atomic mass is 10.1. The number of nitrogens with one attached hydrogen (secondary N) is 1. The van der Waals surface area contributed by atoms with E-state index in [1.807, 2.05) is 35.2 Å². The normalized spacial score (nSPS) is 15.5. The van der Waals surface area contributed by atoms with E-state index in [1.54, 1.807) is 24.3 Å². The van der Waals surface area contributed by atoms with Gasteiger partial charge in [-0.3, -0.25) is 4.79 Å². The van der Waals surface area contributed by atoms with Gasteiger partial charge < -0.3 is 9.80 Å². The molecule has 0 bridgehead atoms. The highest BCUT2D eigenvalue weighted by molar-refractivity contribution is 7.89. The first-order valence-corrected chi connectivity index (χ1v) is 11.0. The lowest BCUT2D eigenvalue weighted by molar-refractivity contribution is -0.132. The average Bonchev–Trinajstić information content (AvgIpc) is 2.72. The van der Waals surface area contributed by atoms with Crippen molar-refractivity contribution in [3.63, 3.8) is 0 Å². The van der Waals surface area contributed by atoms with Gasteiger partial charge >= 0.3 is 0 Å². The summed E-state index contributed by atoms with van der Waals surface area (Å²) in [6.07, 6.45) is 1.06. The molecule has 1 saturated heterocycles. The molecular formula is C21H27N3O3S. The molecule has 0 saturated carbocycles. The zero-order chi connectivity index (χ0) is 20.0. The minimum Gasteiger partial charge on any atom is -0.340 e. The van der Waals surface area contributed by atoms with Gasteiger partial charge in [0.15, 0.2) is 0 Å². The second-order valence-corrected chi connectivity index (χ2v) is 8.91. The van der Waals surface area contributed by atoms with Gasteiger partial charge in [0.25, 0.3) is 0 Å². The molecule has 1 fully saturated rings. The average molecular weight is 402 g/mol. The van der Waals surface area contributed by atoms with Crippen molar-refractivity contribution in [3.05, 3.63) is 65.7 Å². The summed E-state index contributed by atoms with van der Waals surface area (Å²) in [4.78, 5) is 16.7. The van der Waals surface area contributed by atoms with Crippen molar-refractivity contribution in [1.82, 2.24) is 14.5 Å². The Hall–Kier alpha value is -2.22. The summed E-state index contributed by atoms with van der Waals surface area (Å²) >= 11 is 0. The van der Waals surface area contributed by atoms with Crippen molar-refractivity contribution in [2.24, 2.45) is 0 Å². The Bertz CT molecular complexity index is 875. The molecule has 6 nitrogen and oxygen atoms in total. The summed E-state index contributed by atoms with van der Waals surface area (Å²) in [5.74, 6) is 0.161. The smallest absolute Gasteiger partial charge is 0.240 e. The molecule has 0 unspecified atom stereocenters. The molecule has 0 aliphatic carbocycles. The number of amides is 1. The number of hydrogen-bond acceptors (Lipinski definition) is 4. The number of piperazine rings is 1. The predicted molar refractivity (Wildman–Crippen MR) is 109 cm³/mol. The fraction of sp³-hybridized carbons (Fsp3) is 0.381. The number of likely N-dealkylation sites (N-methyl/N-ethyl adjacent to an activating group) is 1. The summed E-state index contributed by atoms with van der Waals surface area (Å²) in [5, 5.41) is 0. The molecule has 0 atom stereocenters. The molecule has 1 heterocycles. The van der Waals surface area contributed by atoms with Crippen LogP contribution in [0.2, 0.25) is 0 Å². The Morgan fingerprint density at radius 3 is 2.21 bits per heavy atom. The maximum absolute atomic E-state index is 12.4. The fourth-order valence-electron chi connectivity index (χ4n) is 3.16. The monoisotopic (exact) mass is 401 g/mol. The third-order valence-corrected chi connectivity index (χ3v) is 6.44. The van der Waals surface area contributed by atoms with E-state index in [2.05, 4.69) is 16.7 Å². The molecule has 3 rings (SSSR count). The van der Waals surface area contributed by atoms with Crippen molar-refractivity contribution in [1.29, 1.82) is 0 Å². The minimum absolute atomic E-state index is 0.161. The third-order valence-electron chi connectivity index (χ3n) is 5.03. The van der Waals surface area contributed by atoms with E-state index in [0.29, 0.717) is 12.8 Å². The molecule has 2 aromatic rings. The van der Waals surface area contributed by atoms with E-state index in [-0.39, 0.29) is 17.3 Å². The lowest BCUT2D eigenvalue weighted by Gasteiger charge is -2.32. The van der Waals surface area contributed by atoms with Crippen LogP contribution in [0.25, 0.3) is 0 Å². The highest BCUT2D eigenvalue weighted by atomic mass is 32.2. The second kappa shape index (κ2) is 9.32. The van der Waals surface area contributed by atoms with Gasteiger partial charge in [0.1, 0.15) is 0 Å². The summed E-state index contributed by atoms with van der Waals surface area (Å²) < 4.78 is 27.5. The van der Waals surface area contributed by atoms with Gasteiger partial charge in [-0.05, 0) is 36.7 Å². The first-order chi connectivity index (χ1) is 13.4. The first-order valence-electron chi connectivity index (χ1n) is 9.53. The van der Waals surface area contributed by atoms with Gasteiger partial charge in [-0.1, -0.05) is 42.5 Å². The third kappa shape index (κ3) is 5.64. The molecule has 150 valence electrons. The maximum Gasteiger partial charge on any atom is 0.240 e. The summed E-state index contributed by atoms with van der Waals surface area (Å²) in [6, 6.07) is 16.2. The van der Waals surface area contributed by atoms with Crippen LogP contribution in [0.1, 0.15) is 17.5 Å². The Morgan fingerprint density at radius 1 is 0.929 bits per heavy atom. The zero-order valence-electron chi connectivity index (χ0n) is 16.2. The summed E-state index contributed by atoms with van der Waals surface area (Å²) in [5.41, 5.74) is 1.87. The molecule has 1 aliphatic heterocycles. The van der Waals surface area contributed by atoms with E-state index in [9.17, 15) is 13.2 Å². The number of benzene rings is 2. The number of hydrogen-bond donors (Lipinski definition) is 1. The largest absolute Gasteiger partial charge is 0.340 e. The predicted octanol–water partition coefficient (Wildman–Crippen LogP) is 1.87. The quantitative estimate of drug-likeness (QED) is 0.769. The number of carbonyl (C=O) groups excluding carboxylic acids is 1. The molecule has 1 amide bonds. The number of sulfonamides is 1. The molecule has 7 heteroatoms. The highest BCUT2D eigenvalue weighted by Crippen LogP contribution is 2.13. The summed E-state index contributed by atoms with van der Waals surface area (Å²) in [7, 11) is -1.50. The van der Waals surface area contributed by atoms with Crippen molar-refractivity contribution in [2.75, 3.05) is 33.2 Å². The highest BCUT2D eigenvalue weighted by Gasteiger charge is 2.19. The van der Waals surface area contributed by atoms with Crippen LogP contribution >= 0.6 is 0 Å². The van der Waals surface area contributed by atoms with E-state index in [0.717, 1.165) is 37.3 Å². The second-order valence-electron chi connectivity index (χ2n) is 7.14. The van der Waals surface area contributed by atoms with Crippen molar-refractivity contribution < 1.29 is 13.2 Å². The Balaban J connectivity index is 1.52. The van der Waals surface area contributed by atoms with Gasteiger partial charge in [0.05, 0.1) is 4.90 Å². The number of nitrogens with zero attached hydrogens (tertiary/aromatic N) is 2. The summed E-state index contributed by atoms with van der Waals surface area (Å²) in [6.45, 7) is 3.63. The van der Waals surface area contributed by atoms with E-state index in [1.165, 1.54) is 0 Å². The molecule has 0 radical (unpaired) electrons. The van der Waals surface area contributed by atoms with Crippen LogP contribution in [-0.4, -0.2) is 57.4 Å². The van der Waals surface area contributed by atoms with Crippen LogP contribution < -0.4 is 4.72 Å². The molecule has 28 heavy (non-hydrogen) atoms. The maximum atomic E-state index is 12.4. The Morgan fingerprint density at radius 2 is 1.57 bits per heavy atom. The van der Waals surface area contributed by atoms with Crippen LogP contribution in [0.15, 0.2) is 59.5 Å². The number of carbonyl (C=O) groups is 1. The van der Waals surface area contributed by atoms with Gasteiger partial charge in [-0.15, -0.1) is 0 Å². The topological polar surface area (TPSA) is 69.7 Å². The van der Waals surface area contributed by atoms with E-state index < -0.39 is 10.0 Å². The van der Waals surface area contributed by atoms with Crippen molar-refractivity contribution in [2.45, 2.75) is 24.3 Å². The Labute approximate surface area is 167 Å². The van der Waals surface area contributed by atoms with Crippen LogP contribution in [0.4, 0.5) is 0 Å². The van der Waals surface area contributed by atoms with Gasteiger partial charge in [0.2, 0.25) is 15.9 Å². The molecule has 0 spiro atoms. The van der Waals surface area contributed by atoms with E-state index >= 15 is 0 Å². The SMILES string of the molecule is CN1CCN(C(=O)CCc2ccc(S(=O)(=O)NCc3ccccc3)cc2)CC1. The van der Waals surface area contributed by atoms with Crippen molar-refractivity contribution >= 4 is 15.9 Å². The first kappa shape index (κ1) is 20.5. The molecule has 2 aromatic carbocycles. The van der Waals surface area contributed by atoms with Crippen LogP contribution in [0, 0.1) is 0 Å². The standard InChI is InChI=1S/C21H27N3O3S/c1-23-13-15-24(16-14-23)21(25)12-9-18-7-10-20(11-8-18)28(26,27)22-17-19-5-3-2-4-6-19/h2-8,10-11,22H,9,12-17H2,1H3. The fourth-order valence-corrected chi connectivity index (χ4v) is 4.18. The zero-order valence-corrected chi connectivity index (χ0v) is 17.0. The van der Waals surface area contributed by atoms with Gasteiger partial charge in [0, 0.05) is 39.1 Å². The Kier molecular flexibility index (Phi) is 6.83. The molecule has 0 aromatic heterocycles. The minimum atomic E-state index is -3.56. The lowest BCUT2D eigenvalue weighted by Crippen LogP contribution is -2.47. The van der Waals surface area contributed by atoms with E-state index in [4.69, 9.17) is 0 Å².